The average Bonchev–Trinajstić information content (AvgIpc) is 2.98. The van der Waals surface area contributed by atoms with Crippen LogP contribution in [0.15, 0.2) is 24.3 Å². The molecule has 0 aliphatic carbocycles. The van der Waals surface area contributed by atoms with Crippen LogP contribution in [0.1, 0.15) is 50.7 Å². The lowest BCUT2D eigenvalue weighted by Gasteiger charge is -2.31. The minimum absolute atomic E-state index is 0.297. The van der Waals surface area contributed by atoms with Crippen LogP contribution in [0.2, 0.25) is 0 Å². The number of nitrogens with zero attached hydrogens (tertiary/aromatic N) is 2. The molecule has 142 valence electrons. The van der Waals surface area contributed by atoms with Crippen LogP contribution < -0.4 is 0 Å². The summed E-state index contributed by atoms with van der Waals surface area (Å²) in [6.45, 7) is 11.4. The van der Waals surface area contributed by atoms with Gasteiger partial charge < -0.3 is 18.9 Å². The van der Waals surface area contributed by atoms with Crippen LogP contribution in [0.5, 0.6) is 0 Å². The van der Waals surface area contributed by atoms with Crippen LogP contribution in [0, 0.1) is 0 Å². The third-order valence-corrected chi connectivity index (χ3v) is 4.01. The molecule has 0 atom stereocenters. The number of hydrogen-bond acceptors (Lipinski definition) is 4. The van der Waals surface area contributed by atoms with Crippen molar-refractivity contribution >= 4 is 23.0 Å². The third kappa shape index (κ3) is 4.18. The number of benzene rings is 1. The van der Waals surface area contributed by atoms with Gasteiger partial charge in [-0.25, -0.2) is 9.59 Å². The minimum Gasteiger partial charge on any atom is -0.465 e. The van der Waals surface area contributed by atoms with Crippen LogP contribution in [0.4, 0.5) is 4.79 Å². The topological polar surface area (TPSA) is 60.8 Å². The molecular formula is C20H28N2O4. The van der Waals surface area contributed by atoms with E-state index in [4.69, 9.17) is 9.47 Å². The van der Waals surface area contributed by atoms with Crippen molar-refractivity contribution < 1.29 is 19.1 Å². The van der Waals surface area contributed by atoms with E-state index in [1.165, 1.54) is 7.11 Å². The lowest BCUT2D eigenvalue weighted by atomic mass is 10.1. The molecule has 6 heteroatoms. The van der Waals surface area contributed by atoms with Crippen molar-refractivity contribution in [2.45, 2.75) is 53.3 Å². The van der Waals surface area contributed by atoms with E-state index in [1.807, 2.05) is 52.8 Å². The highest BCUT2D eigenvalue weighted by atomic mass is 16.6. The van der Waals surface area contributed by atoms with Gasteiger partial charge in [-0.15, -0.1) is 0 Å². The van der Waals surface area contributed by atoms with Gasteiger partial charge in [-0.3, -0.25) is 0 Å². The highest BCUT2D eigenvalue weighted by Crippen LogP contribution is 2.26. The zero-order valence-corrected chi connectivity index (χ0v) is 16.5. The first kappa shape index (κ1) is 19.8. The van der Waals surface area contributed by atoms with Crippen LogP contribution in [0.25, 0.3) is 10.9 Å². The molecule has 0 spiro atoms. The summed E-state index contributed by atoms with van der Waals surface area (Å²) in [5.74, 6) is -0.351. The number of carbonyl (C=O) groups is 2. The highest BCUT2D eigenvalue weighted by Gasteiger charge is 2.26. The predicted molar refractivity (Wildman–Crippen MR) is 101 cm³/mol. The summed E-state index contributed by atoms with van der Waals surface area (Å²) < 4.78 is 12.4. The normalized spacial score (nSPS) is 13.5. The van der Waals surface area contributed by atoms with Crippen molar-refractivity contribution in [3.8, 4) is 0 Å². The molecule has 0 N–H and O–H groups in total. The Morgan fingerprint density at radius 3 is 2.38 bits per heavy atom. The third-order valence-electron chi connectivity index (χ3n) is 4.01. The van der Waals surface area contributed by atoms with Crippen molar-refractivity contribution in [1.82, 2.24) is 9.47 Å². The van der Waals surface area contributed by atoms with E-state index in [2.05, 4.69) is 4.57 Å². The molecule has 6 nitrogen and oxygen atoms in total. The van der Waals surface area contributed by atoms with E-state index in [-0.39, 0.29) is 12.1 Å². The number of esters is 1. The standard InChI is InChI=1S/C18H22N2O4.C2H6/c1-18(2,3)24-17(22)19-7-8-20-14(11-19)10-13-9-12(16(21)23-4)5-6-15(13)20;1-2/h5-6,9-10H,7-8,11H2,1-4H3;1-2H3. The van der Waals surface area contributed by atoms with E-state index >= 15 is 0 Å². The summed E-state index contributed by atoms with van der Waals surface area (Å²) in [5.41, 5.74) is 2.11. The first-order chi connectivity index (χ1) is 12.3. The Morgan fingerprint density at radius 2 is 1.77 bits per heavy atom. The second-order valence-corrected chi connectivity index (χ2v) is 6.95. The Bertz CT molecular complexity index is 802. The van der Waals surface area contributed by atoms with Crippen molar-refractivity contribution in [1.29, 1.82) is 0 Å². The largest absolute Gasteiger partial charge is 0.465 e. The van der Waals surface area contributed by atoms with E-state index in [0.29, 0.717) is 25.2 Å². The number of methoxy groups -OCH3 is 1. The second kappa shape index (κ2) is 7.81. The molecule has 0 fully saturated rings. The molecule has 2 heterocycles. The summed E-state index contributed by atoms with van der Waals surface area (Å²) in [4.78, 5) is 25.6. The molecule has 1 aromatic carbocycles. The molecule has 26 heavy (non-hydrogen) atoms. The van der Waals surface area contributed by atoms with Gasteiger partial charge in [0.1, 0.15) is 5.60 Å². The molecule has 2 aromatic rings. The second-order valence-electron chi connectivity index (χ2n) is 6.95. The summed E-state index contributed by atoms with van der Waals surface area (Å²) >= 11 is 0. The summed E-state index contributed by atoms with van der Waals surface area (Å²) in [7, 11) is 1.37. The smallest absolute Gasteiger partial charge is 0.410 e. The fourth-order valence-electron chi connectivity index (χ4n) is 2.95. The minimum atomic E-state index is -0.503. The van der Waals surface area contributed by atoms with Crippen LogP contribution in [0.3, 0.4) is 0 Å². The molecule has 0 bridgehead atoms. The molecule has 0 unspecified atom stereocenters. The first-order valence-electron chi connectivity index (χ1n) is 8.97. The number of hydrogen-bond donors (Lipinski definition) is 0. The maximum Gasteiger partial charge on any atom is 0.410 e. The monoisotopic (exact) mass is 360 g/mol. The summed E-state index contributed by atoms with van der Waals surface area (Å²) in [6, 6.07) is 7.53. The SMILES string of the molecule is CC.COC(=O)c1ccc2c(c1)cc1n2CCN(C(=O)OC(C)(C)C)C1. The lowest BCUT2D eigenvalue weighted by Crippen LogP contribution is -2.41. The van der Waals surface area contributed by atoms with E-state index in [9.17, 15) is 9.59 Å². The van der Waals surface area contributed by atoms with Crippen molar-refractivity contribution in [3.63, 3.8) is 0 Å². The molecule has 0 radical (unpaired) electrons. The Hall–Kier alpha value is -2.50. The van der Waals surface area contributed by atoms with Crippen molar-refractivity contribution in [2.75, 3.05) is 13.7 Å². The van der Waals surface area contributed by atoms with Gasteiger partial charge in [0.05, 0.1) is 19.2 Å². The van der Waals surface area contributed by atoms with Crippen molar-refractivity contribution in [2.24, 2.45) is 0 Å². The average molecular weight is 360 g/mol. The first-order valence-corrected chi connectivity index (χ1v) is 8.97. The molecular weight excluding hydrogens is 332 g/mol. The van der Waals surface area contributed by atoms with Crippen LogP contribution in [-0.2, 0) is 22.6 Å². The maximum absolute atomic E-state index is 12.3. The van der Waals surface area contributed by atoms with Gasteiger partial charge in [0.25, 0.3) is 0 Å². The molecule has 1 amide bonds. The zero-order chi connectivity index (χ0) is 19.5. The Kier molecular flexibility index (Phi) is 5.95. The maximum atomic E-state index is 12.3. The molecule has 1 aliphatic heterocycles. The van der Waals surface area contributed by atoms with Crippen molar-refractivity contribution in [3.05, 3.63) is 35.5 Å². The molecule has 3 rings (SSSR count). The number of carbonyl (C=O) groups excluding carboxylic acids is 2. The number of fused-ring (bicyclic) bond motifs is 3. The lowest BCUT2D eigenvalue weighted by molar-refractivity contribution is 0.0200. The molecule has 1 aromatic heterocycles. The Morgan fingerprint density at radius 1 is 1.08 bits per heavy atom. The van der Waals surface area contributed by atoms with E-state index < -0.39 is 5.60 Å². The van der Waals surface area contributed by atoms with Gasteiger partial charge in [0, 0.05) is 29.7 Å². The highest BCUT2D eigenvalue weighted by molar-refractivity contribution is 5.95. The van der Waals surface area contributed by atoms with Crippen LogP contribution in [-0.4, -0.2) is 40.8 Å². The zero-order valence-electron chi connectivity index (χ0n) is 16.5. The Balaban J connectivity index is 0.00000117. The quantitative estimate of drug-likeness (QED) is 0.715. The summed E-state index contributed by atoms with van der Waals surface area (Å²) in [6.07, 6.45) is -0.297. The fourth-order valence-corrected chi connectivity index (χ4v) is 2.95. The van der Waals surface area contributed by atoms with E-state index in [0.717, 1.165) is 16.6 Å². The number of aromatic nitrogens is 1. The number of ether oxygens (including phenoxy) is 2. The molecule has 0 saturated carbocycles. The Labute approximate surface area is 154 Å². The number of amides is 1. The molecule has 0 saturated heterocycles. The predicted octanol–water partition coefficient (Wildman–Crippen LogP) is 4.20. The van der Waals surface area contributed by atoms with E-state index in [1.54, 1.807) is 11.0 Å². The number of rotatable bonds is 1. The van der Waals surface area contributed by atoms with Gasteiger partial charge in [-0.2, -0.15) is 0 Å². The summed E-state index contributed by atoms with van der Waals surface area (Å²) in [5, 5.41) is 0.971. The van der Waals surface area contributed by atoms with Gasteiger partial charge in [0.15, 0.2) is 0 Å². The molecule has 1 aliphatic rings. The van der Waals surface area contributed by atoms with Gasteiger partial charge >= 0.3 is 12.1 Å². The van der Waals surface area contributed by atoms with Crippen LogP contribution >= 0.6 is 0 Å². The van der Waals surface area contributed by atoms with Gasteiger partial charge in [-0.05, 0) is 45.0 Å². The van der Waals surface area contributed by atoms with Gasteiger partial charge in [0.2, 0.25) is 0 Å². The van der Waals surface area contributed by atoms with Gasteiger partial charge in [-0.1, -0.05) is 13.8 Å². The fraction of sp³-hybridized carbons (Fsp3) is 0.500.